The molecule has 0 N–H and O–H groups in total. The fourth-order valence-corrected chi connectivity index (χ4v) is 2.51. The number of carbonyl (C=O) groups excluding carboxylic acids is 1. The summed E-state index contributed by atoms with van der Waals surface area (Å²) in [7, 11) is 1.74. The van der Waals surface area contributed by atoms with Crippen LogP contribution in [0, 0.1) is 0 Å². The van der Waals surface area contributed by atoms with Crippen LogP contribution in [0.25, 0.3) is 5.69 Å². The fourth-order valence-electron chi connectivity index (χ4n) is 2.33. The molecule has 3 rings (SSSR count). The molecule has 3 aromatic rings. The number of hydrogen-bond acceptors (Lipinski definition) is 3. The van der Waals surface area contributed by atoms with E-state index in [0.29, 0.717) is 29.5 Å². The maximum absolute atomic E-state index is 12.5. The molecule has 0 bridgehead atoms. The summed E-state index contributed by atoms with van der Waals surface area (Å²) in [4.78, 5) is 14.1. The summed E-state index contributed by atoms with van der Waals surface area (Å²) < 4.78 is 7.30. The van der Waals surface area contributed by atoms with E-state index in [1.54, 1.807) is 41.2 Å². The number of para-hydroxylation sites is 1. The van der Waals surface area contributed by atoms with Gasteiger partial charge in [-0.2, -0.15) is 5.10 Å². The maximum Gasteiger partial charge on any atom is 0.256 e. The first kappa shape index (κ1) is 17.0. The van der Waals surface area contributed by atoms with Crippen LogP contribution >= 0.6 is 11.6 Å². The van der Waals surface area contributed by atoms with Gasteiger partial charge in [0.25, 0.3) is 5.91 Å². The van der Waals surface area contributed by atoms with Gasteiger partial charge in [-0.1, -0.05) is 35.9 Å². The van der Waals surface area contributed by atoms with E-state index in [-0.39, 0.29) is 5.91 Å². The number of rotatable bonds is 6. The molecule has 1 aromatic heterocycles. The molecular formula is C19H18ClN3O2. The van der Waals surface area contributed by atoms with Gasteiger partial charge in [0.2, 0.25) is 0 Å². The number of benzene rings is 2. The minimum Gasteiger partial charge on any atom is -0.492 e. The van der Waals surface area contributed by atoms with Crippen LogP contribution in [0.5, 0.6) is 5.75 Å². The third-order valence-corrected chi connectivity index (χ3v) is 3.92. The second kappa shape index (κ2) is 7.85. The molecule has 0 aliphatic rings. The minimum absolute atomic E-state index is 0.100. The first-order chi connectivity index (χ1) is 12.1. The van der Waals surface area contributed by atoms with Crippen LogP contribution in [0.15, 0.2) is 67.0 Å². The maximum atomic E-state index is 12.5. The molecule has 0 atom stereocenters. The smallest absolute Gasteiger partial charge is 0.256 e. The van der Waals surface area contributed by atoms with Crippen LogP contribution in [0.2, 0.25) is 5.02 Å². The van der Waals surface area contributed by atoms with E-state index in [9.17, 15) is 4.79 Å². The molecule has 128 valence electrons. The predicted molar refractivity (Wildman–Crippen MR) is 97.5 cm³/mol. The van der Waals surface area contributed by atoms with Crippen molar-refractivity contribution in [3.63, 3.8) is 0 Å². The van der Waals surface area contributed by atoms with Crippen molar-refractivity contribution in [1.82, 2.24) is 14.7 Å². The highest BCUT2D eigenvalue weighted by Gasteiger charge is 2.14. The zero-order valence-electron chi connectivity index (χ0n) is 13.8. The summed E-state index contributed by atoms with van der Waals surface area (Å²) >= 11 is 5.92. The molecule has 1 amide bonds. The van der Waals surface area contributed by atoms with Gasteiger partial charge < -0.3 is 9.64 Å². The lowest BCUT2D eigenvalue weighted by atomic mass is 10.3. The Kier molecular flexibility index (Phi) is 5.36. The molecule has 0 aliphatic carbocycles. The van der Waals surface area contributed by atoms with Crippen molar-refractivity contribution < 1.29 is 9.53 Å². The standard InChI is InChI=1S/C19H18ClN3O2/c1-22(10-11-25-18-9-5-6-16(20)12-18)19(24)15-13-21-23(14-15)17-7-3-2-4-8-17/h2-9,12-14H,10-11H2,1H3. The van der Waals surface area contributed by atoms with E-state index in [4.69, 9.17) is 16.3 Å². The molecule has 2 aromatic carbocycles. The number of hydrogen-bond donors (Lipinski definition) is 0. The molecule has 0 spiro atoms. The Morgan fingerprint density at radius 3 is 2.76 bits per heavy atom. The SMILES string of the molecule is CN(CCOc1cccc(Cl)c1)C(=O)c1cnn(-c2ccccc2)c1. The molecule has 25 heavy (non-hydrogen) atoms. The number of ether oxygens (including phenoxy) is 1. The Bertz CT molecular complexity index is 849. The van der Waals surface area contributed by atoms with Crippen molar-refractivity contribution in [3.8, 4) is 11.4 Å². The van der Waals surface area contributed by atoms with Gasteiger partial charge in [0.05, 0.1) is 24.0 Å². The molecule has 5 nitrogen and oxygen atoms in total. The third kappa shape index (κ3) is 4.39. The number of amides is 1. The second-order valence-corrected chi connectivity index (χ2v) is 5.98. The molecular weight excluding hydrogens is 338 g/mol. The highest BCUT2D eigenvalue weighted by atomic mass is 35.5. The van der Waals surface area contributed by atoms with Gasteiger partial charge in [0, 0.05) is 18.3 Å². The second-order valence-electron chi connectivity index (χ2n) is 5.54. The van der Waals surface area contributed by atoms with E-state index in [1.807, 2.05) is 42.5 Å². The Hall–Kier alpha value is -2.79. The molecule has 0 unspecified atom stereocenters. The molecule has 0 aliphatic heterocycles. The summed E-state index contributed by atoms with van der Waals surface area (Å²) in [6, 6.07) is 16.8. The number of likely N-dealkylation sites (N-methyl/N-ethyl adjacent to an activating group) is 1. The van der Waals surface area contributed by atoms with Crippen LogP contribution in [0.3, 0.4) is 0 Å². The Morgan fingerprint density at radius 2 is 2.00 bits per heavy atom. The number of aromatic nitrogens is 2. The molecule has 0 radical (unpaired) electrons. The Labute approximate surface area is 151 Å². The van der Waals surface area contributed by atoms with E-state index < -0.39 is 0 Å². The largest absolute Gasteiger partial charge is 0.492 e. The van der Waals surface area contributed by atoms with Gasteiger partial charge >= 0.3 is 0 Å². The van der Waals surface area contributed by atoms with Gasteiger partial charge in [-0.3, -0.25) is 4.79 Å². The average Bonchev–Trinajstić information content (AvgIpc) is 3.12. The summed E-state index contributed by atoms with van der Waals surface area (Å²) in [6.45, 7) is 0.845. The average molecular weight is 356 g/mol. The molecule has 1 heterocycles. The lowest BCUT2D eigenvalue weighted by molar-refractivity contribution is 0.0774. The highest BCUT2D eigenvalue weighted by molar-refractivity contribution is 6.30. The van der Waals surface area contributed by atoms with Crippen LogP contribution in [0.1, 0.15) is 10.4 Å². The predicted octanol–water partition coefficient (Wildman–Crippen LogP) is 3.68. The first-order valence-electron chi connectivity index (χ1n) is 7.87. The lowest BCUT2D eigenvalue weighted by Crippen LogP contribution is -2.30. The van der Waals surface area contributed by atoms with Crippen molar-refractivity contribution in [3.05, 3.63) is 77.6 Å². The summed E-state index contributed by atoms with van der Waals surface area (Å²) in [5, 5.41) is 4.87. The van der Waals surface area contributed by atoms with Gasteiger partial charge in [0.15, 0.2) is 0 Å². The fraction of sp³-hybridized carbons (Fsp3) is 0.158. The van der Waals surface area contributed by atoms with Gasteiger partial charge in [-0.25, -0.2) is 4.68 Å². The minimum atomic E-state index is -0.100. The van der Waals surface area contributed by atoms with Crippen LogP contribution < -0.4 is 4.74 Å². The first-order valence-corrected chi connectivity index (χ1v) is 8.25. The molecule has 6 heteroatoms. The van der Waals surface area contributed by atoms with Gasteiger partial charge in [-0.15, -0.1) is 0 Å². The van der Waals surface area contributed by atoms with Gasteiger partial charge in [-0.05, 0) is 30.3 Å². The normalized spacial score (nSPS) is 10.5. The van der Waals surface area contributed by atoms with Crippen molar-refractivity contribution >= 4 is 17.5 Å². The van der Waals surface area contributed by atoms with Gasteiger partial charge in [0.1, 0.15) is 12.4 Å². The van der Waals surface area contributed by atoms with Crippen molar-refractivity contribution in [1.29, 1.82) is 0 Å². The summed E-state index contributed by atoms with van der Waals surface area (Å²) in [6.07, 6.45) is 3.30. The van der Waals surface area contributed by atoms with Crippen molar-refractivity contribution in [2.75, 3.05) is 20.2 Å². The summed E-state index contributed by atoms with van der Waals surface area (Å²) in [5.41, 5.74) is 1.45. The Morgan fingerprint density at radius 1 is 1.20 bits per heavy atom. The number of halogens is 1. The van der Waals surface area contributed by atoms with E-state index in [2.05, 4.69) is 5.10 Å². The van der Waals surface area contributed by atoms with Crippen molar-refractivity contribution in [2.45, 2.75) is 0 Å². The monoisotopic (exact) mass is 355 g/mol. The number of carbonyl (C=O) groups is 1. The lowest BCUT2D eigenvalue weighted by Gasteiger charge is -2.16. The van der Waals surface area contributed by atoms with Crippen LogP contribution in [-0.2, 0) is 0 Å². The highest BCUT2D eigenvalue weighted by Crippen LogP contribution is 2.17. The molecule has 0 saturated carbocycles. The van der Waals surface area contributed by atoms with E-state index >= 15 is 0 Å². The van der Waals surface area contributed by atoms with E-state index in [1.165, 1.54) is 0 Å². The zero-order valence-corrected chi connectivity index (χ0v) is 14.6. The molecule has 0 fully saturated rings. The molecule has 0 saturated heterocycles. The zero-order chi connectivity index (χ0) is 17.6. The quantitative estimate of drug-likeness (QED) is 0.677. The summed E-state index contributed by atoms with van der Waals surface area (Å²) in [5.74, 6) is 0.585. The van der Waals surface area contributed by atoms with Crippen LogP contribution in [0.4, 0.5) is 0 Å². The third-order valence-electron chi connectivity index (χ3n) is 3.69. The van der Waals surface area contributed by atoms with E-state index in [0.717, 1.165) is 5.69 Å². The van der Waals surface area contributed by atoms with Crippen molar-refractivity contribution in [2.24, 2.45) is 0 Å². The van der Waals surface area contributed by atoms with Crippen LogP contribution in [-0.4, -0.2) is 40.8 Å². The topological polar surface area (TPSA) is 47.4 Å². The number of nitrogens with zero attached hydrogens (tertiary/aromatic N) is 3. The Balaban J connectivity index is 1.56.